The van der Waals surface area contributed by atoms with Crippen LogP contribution in [0.25, 0.3) is 11.1 Å². The SMILES string of the molecule is COc1cc(N(C)C2CCCCC2)nc2onc(N)c12. The fraction of sp³-hybridized carbons (Fsp3) is 0.571. The summed E-state index contributed by atoms with van der Waals surface area (Å²) in [6, 6.07) is 2.43. The molecule has 20 heavy (non-hydrogen) atoms. The summed E-state index contributed by atoms with van der Waals surface area (Å²) >= 11 is 0. The van der Waals surface area contributed by atoms with Crippen LogP contribution in [0.1, 0.15) is 32.1 Å². The Labute approximate surface area is 117 Å². The van der Waals surface area contributed by atoms with E-state index in [1.165, 1.54) is 32.1 Å². The first-order chi connectivity index (χ1) is 9.70. The van der Waals surface area contributed by atoms with E-state index in [1.54, 1.807) is 7.11 Å². The van der Waals surface area contributed by atoms with Crippen molar-refractivity contribution in [2.24, 2.45) is 0 Å². The number of aromatic nitrogens is 2. The number of anilines is 2. The standard InChI is InChI=1S/C14H20N4O2/c1-18(9-6-4-3-5-7-9)11-8-10(19-2)12-13(15)17-20-14(12)16-11/h8-9H,3-7H2,1-2H3,(H2,15,17). The molecule has 1 aliphatic carbocycles. The normalized spacial score (nSPS) is 16.5. The molecule has 0 aliphatic heterocycles. The topological polar surface area (TPSA) is 77.4 Å². The first-order valence-corrected chi connectivity index (χ1v) is 7.03. The lowest BCUT2D eigenvalue weighted by Gasteiger charge is -2.32. The summed E-state index contributed by atoms with van der Waals surface area (Å²) in [6.45, 7) is 0. The average Bonchev–Trinajstić information content (AvgIpc) is 2.88. The second-order valence-electron chi connectivity index (χ2n) is 5.33. The van der Waals surface area contributed by atoms with Gasteiger partial charge in [-0.05, 0) is 12.8 Å². The lowest BCUT2D eigenvalue weighted by Crippen LogP contribution is -2.33. The highest BCUT2D eigenvalue weighted by atomic mass is 16.5. The Bertz CT molecular complexity index is 604. The third kappa shape index (κ3) is 2.15. The molecule has 0 amide bonds. The van der Waals surface area contributed by atoms with E-state index in [1.807, 2.05) is 6.07 Å². The Kier molecular flexibility index (Phi) is 3.38. The van der Waals surface area contributed by atoms with Crippen molar-refractivity contribution in [3.05, 3.63) is 6.07 Å². The van der Waals surface area contributed by atoms with Crippen LogP contribution in [-0.4, -0.2) is 30.3 Å². The Morgan fingerprint density at radius 2 is 2.10 bits per heavy atom. The quantitative estimate of drug-likeness (QED) is 0.928. The molecule has 2 aromatic rings. The Morgan fingerprint density at radius 1 is 1.35 bits per heavy atom. The number of ether oxygens (including phenoxy) is 1. The summed E-state index contributed by atoms with van der Waals surface area (Å²) in [4.78, 5) is 6.72. The van der Waals surface area contributed by atoms with Crippen LogP contribution in [0.5, 0.6) is 5.75 Å². The summed E-state index contributed by atoms with van der Waals surface area (Å²) in [5.74, 6) is 1.82. The van der Waals surface area contributed by atoms with E-state index in [0.717, 1.165) is 5.82 Å². The number of pyridine rings is 1. The van der Waals surface area contributed by atoms with Crippen molar-refractivity contribution in [2.45, 2.75) is 38.1 Å². The second-order valence-corrected chi connectivity index (χ2v) is 5.33. The molecule has 6 nitrogen and oxygen atoms in total. The lowest BCUT2D eigenvalue weighted by molar-refractivity contribution is 0.413. The highest BCUT2D eigenvalue weighted by Crippen LogP contribution is 2.34. The number of nitrogens with zero attached hydrogens (tertiary/aromatic N) is 3. The van der Waals surface area contributed by atoms with Crippen LogP contribution in [0.2, 0.25) is 0 Å². The molecule has 2 N–H and O–H groups in total. The van der Waals surface area contributed by atoms with E-state index in [0.29, 0.717) is 28.7 Å². The van der Waals surface area contributed by atoms with Gasteiger partial charge in [-0.25, -0.2) is 0 Å². The van der Waals surface area contributed by atoms with Crippen molar-refractivity contribution in [3.63, 3.8) is 0 Å². The van der Waals surface area contributed by atoms with Crippen LogP contribution in [0, 0.1) is 0 Å². The van der Waals surface area contributed by atoms with Gasteiger partial charge >= 0.3 is 0 Å². The second kappa shape index (κ2) is 5.19. The van der Waals surface area contributed by atoms with Crippen molar-refractivity contribution in [3.8, 4) is 5.75 Å². The minimum Gasteiger partial charge on any atom is -0.496 e. The number of nitrogens with two attached hydrogens (primary N) is 1. The van der Waals surface area contributed by atoms with Crippen LogP contribution < -0.4 is 15.4 Å². The lowest BCUT2D eigenvalue weighted by atomic mass is 9.94. The maximum absolute atomic E-state index is 5.78. The zero-order valence-corrected chi connectivity index (χ0v) is 11.9. The zero-order valence-electron chi connectivity index (χ0n) is 11.9. The summed E-state index contributed by atoms with van der Waals surface area (Å²) in [5.41, 5.74) is 6.21. The first-order valence-electron chi connectivity index (χ1n) is 7.03. The van der Waals surface area contributed by atoms with E-state index >= 15 is 0 Å². The fourth-order valence-electron chi connectivity index (χ4n) is 2.92. The van der Waals surface area contributed by atoms with Gasteiger partial charge in [-0.2, -0.15) is 4.98 Å². The zero-order chi connectivity index (χ0) is 14.1. The molecule has 6 heteroatoms. The Balaban J connectivity index is 1.98. The molecule has 0 bridgehead atoms. The Hall–Kier alpha value is -1.98. The van der Waals surface area contributed by atoms with E-state index in [-0.39, 0.29) is 0 Å². The number of fused-ring (bicyclic) bond motifs is 1. The molecule has 1 aliphatic rings. The monoisotopic (exact) mass is 276 g/mol. The summed E-state index contributed by atoms with van der Waals surface area (Å²) in [6.07, 6.45) is 6.31. The van der Waals surface area contributed by atoms with Gasteiger partial charge in [0, 0.05) is 19.2 Å². The fourth-order valence-corrected chi connectivity index (χ4v) is 2.92. The average molecular weight is 276 g/mol. The molecule has 0 spiro atoms. The predicted molar refractivity (Wildman–Crippen MR) is 78.0 cm³/mol. The molecule has 0 aromatic carbocycles. The number of hydrogen-bond acceptors (Lipinski definition) is 6. The van der Waals surface area contributed by atoms with Gasteiger partial charge in [0.1, 0.15) is 17.0 Å². The van der Waals surface area contributed by atoms with Gasteiger partial charge in [0.25, 0.3) is 5.71 Å². The van der Waals surface area contributed by atoms with Gasteiger partial charge in [-0.1, -0.05) is 24.4 Å². The molecule has 0 saturated heterocycles. The number of rotatable bonds is 3. The molecular formula is C14H20N4O2. The third-order valence-corrected chi connectivity index (χ3v) is 4.13. The van der Waals surface area contributed by atoms with E-state index in [4.69, 9.17) is 15.0 Å². The van der Waals surface area contributed by atoms with Crippen LogP contribution in [0.4, 0.5) is 11.6 Å². The minimum atomic E-state index is 0.316. The highest BCUT2D eigenvalue weighted by Gasteiger charge is 2.22. The van der Waals surface area contributed by atoms with E-state index < -0.39 is 0 Å². The van der Waals surface area contributed by atoms with E-state index in [9.17, 15) is 0 Å². The van der Waals surface area contributed by atoms with Crippen LogP contribution in [0.15, 0.2) is 10.6 Å². The maximum Gasteiger partial charge on any atom is 0.265 e. The molecule has 108 valence electrons. The molecular weight excluding hydrogens is 256 g/mol. The molecule has 1 fully saturated rings. The molecule has 2 aromatic heterocycles. The molecule has 2 heterocycles. The summed E-state index contributed by atoms with van der Waals surface area (Å²) in [5, 5.41) is 4.41. The van der Waals surface area contributed by atoms with Gasteiger partial charge in [-0.15, -0.1) is 0 Å². The molecule has 1 saturated carbocycles. The van der Waals surface area contributed by atoms with Gasteiger partial charge in [0.05, 0.1) is 7.11 Å². The Morgan fingerprint density at radius 3 is 2.80 bits per heavy atom. The van der Waals surface area contributed by atoms with Crippen molar-refractivity contribution in [1.82, 2.24) is 10.1 Å². The largest absolute Gasteiger partial charge is 0.496 e. The van der Waals surface area contributed by atoms with Gasteiger partial charge in [0.15, 0.2) is 5.82 Å². The van der Waals surface area contributed by atoms with Gasteiger partial charge < -0.3 is 19.9 Å². The summed E-state index contributed by atoms with van der Waals surface area (Å²) in [7, 11) is 3.69. The van der Waals surface area contributed by atoms with E-state index in [2.05, 4.69) is 22.1 Å². The highest BCUT2D eigenvalue weighted by molar-refractivity contribution is 5.91. The van der Waals surface area contributed by atoms with Gasteiger partial charge in [0.2, 0.25) is 0 Å². The van der Waals surface area contributed by atoms with Crippen molar-refractivity contribution < 1.29 is 9.26 Å². The number of nitrogen functional groups attached to an aromatic ring is 1. The number of methoxy groups -OCH3 is 1. The number of hydrogen-bond donors (Lipinski definition) is 1. The summed E-state index contributed by atoms with van der Waals surface area (Å²) < 4.78 is 10.6. The molecule has 3 rings (SSSR count). The minimum absolute atomic E-state index is 0.316. The molecule has 0 unspecified atom stereocenters. The van der Waals surface area contributed by atoms with Crippen LogP contribution in [-0.2, 0) is 0 Å². The van der Waals surface area contributed by atoms with Gasteiger partial charge in [-0.3, -0.25) is 0 Å². The smallest absolute Gasteiger partial charge is 0.265 e. The van der Waals surface area contributed by atoms with Crippen molar-refractivity contribution >= 4 is 22.7 Å². The predicted octanol–water partition coefficient (Wildman–Crippen LogP) is 2.58. The maximum atomic E-state index is 5.78. The molecule has 0 radical (unpaired) electrons. The van der Waals surface area contributed by atoms with Crippen molar-refractivity contribution in [2.75, 3.05) is 24.8 Å². The van der Waals surface area contributed by atoms with Crippen LogP contribution >= 0.6 is 0 Å². The van der Waals surface area contributed by atoms with Crippen molar-refractivity contribution in [1.29, 1.82) is 0 Å². The van der Waals surface area contributed by atoms with Crippen LogP contribution in [0.3, 0.4) is 0 Å². The first kappa shape index (κ1) is 13.0. The molecule has 0 atom stereocenters. The third-order valence-electron chi connectivity index (χ3n) is 4.13.